The predicted octanol–water partition coefficient (Wildman–Crippen LogP) is 2.64. The first kappa shape index (κ1) is 15.9. The van der Waals surface area contributed by atoms with Crippen molar-refractivity contribution in [3.05, 3.63) is 54.1 Å². The second-order valence-corrected chi connectivity index (χ2v) is 6.45. The van der Waals surface area contributed by atoms with Gasteiger partial charge in [0.1, 0.15) is 5.75 Å². The van der Waals surface area contributed by atoms with E-state index in [2.05, 4.69) is 34.9 Å². The Balaban J connectivity index is 1.59. The number of hydrogen-bond donors (Lipinski definition) is 2. The molecule has 0 radical (unpaired) electrons. The van der Waals surface area contributed by atoms with Crippen LogP contribution >= 0.6 is 11.8 Å². The smallest absolute Gasteiger partial charge is 0.238 e. The third kappa shape index (κ3) is 4.06. The molecule has 0 spiro atoms. The maximum atomic E-state index is 12.0. The van der Waals surface area contributed by atoms with E-state index in [1.165, 1.54) is 0 Å². The molecule has 1 aliphatic heterocycles. The standard InChI is InChI=1S/C18H20N2O2S/c1-22-16-8-6-15(7-9-16)14-4-2-13(3-5-14)10-19-18(21)17-11-23-12-20-17/h2-9,17,20H,10-12H2,1H3,(H,19,21). The second kappa shape index (κ2) is 7.53. The van der Waals surface area contributed by atoms with Crippen LogP contribution in [0.4, 0.5) is 0 Å². The van der Waals surface area contributed by atoms with Crippen LogP contribution in [-0.4, -0.2) is 30.7 Å². The van der Waals surface area contributed by atoms with Crippen LogP contribution in [0.1, 0.15) is 5.56 Å². The van der Waals surface area contributed by atoms with Crippen molar-refractivity contribution in [2.24, 2.45) is 0 Å². The molecule has 1 amide bonds. The number of hydrogen-bond acceptors (Lipinski definition) is 4. The highest BCUT2D eigenvalue weighted by Gasteiger charge is 2.21. The lowest BCUT2D eigenvalue weighted by Gasteiger charge is -2.11. The van der Waals surface area contributed by atoms with Crippen molar-refractivity contribution < 1.29 is 9.53 Å². The fraction of sp³-hybridized carbons (Fsp3) is 0.278. The molecular formula is C18H20N2O2S. The zero-order valence-corrected chi connectivity index (χ0v) is 13.9. The SMILES string of the molecule is COc1ccc(-c2ccc(CNC(=O)C3CSCN3)cc2)cc1. The van der Waals surface area contributed by atoms with E-state index in [0.717, 1.165) is 34.1 Å². The quantitative estimate of drug-likeness (QED) is 0.886. The molecule has 120 valence electrons. The maximum absolute atomic E-state index is 12.0. The second-order valence-electron chi connectivity index (χ2n) is 5.42. The molecule has 1 saturated heterocycles. The highest BCUT2D eigenvalue weighted by Crippen LogP contribution is 2.22. The minimum absolute atomic E-state index is 0.0569. The molecule has 0 aromatic heterocycles. The van der Waals surface area contributed by atoms with Gasteiger partial charge in [-0.2, -0.15) is 0 Å². The van der Waals surface area contributed by atoms with Crippen LogP contribution in [0.2, 0.25) is 0 Å². The third-order valence-corrected chi connectivity index (χ3v) is 4.82. The lowest BCUT2D eigenvalue weighted by atomic mass is 10.0. The van der Waals surface area contributed by atoms with Crippen LogP contribution in [0.15, 0.2) is 48.5 Å². The first-order valence-electron chi connectivity index (χ1n) is 7.58. The van der Waals surface area contributed by atoms with Gasteiger partial charge in [-0.05, 0) is 28.8 Å². The van der Waals surface area contributed by atoms with Crippen LogP contribution in [-0.2, 0) is 11.3 Å². The number of ether oxygens (including phenoxy) is 1. The number of amides is 1. The van der Waals surface area contributed by atoms with Gasteiger partial charge in [0.2, 0.25) is 5.91 Å². The van der Waals surface area contributed by atoms with Gasteiger partial charge in [0, 0.05) is 18.2 Å². The van der Waals surface area contributed by atoms with E-state index in [0.29, 0.717) is 6.54 Å². The lowest BCUT2D eigenvalue weighted by molar-refractivity contribution is -0.122. The van der Waals surface area contributed by atoms with Gasteiger partial charge in [-0.3, -0.25) is 10.1 Å². The Hall–Kier alpha value is -1.98. The summed E-state index contributed by atoms with van der Waals surface area (Å²) in [4.78, 5) is 12.0. The minimum Gasteiger partial charge on any atom is -0.497 e. The van der Waals surface area contributed by atoms with Crippen molar-refractivity contribution in [2.45, 2.75) is 12.6 Å². The molecule has 1 atom stereocenters. The Morgan fingerprint density at radius 2 is 1.83 bits per heavy atom. The summed E-state index contributed by atoms with van der Waals surface area (Å²) in [5, 5.41) is 6.16. The van der Waals surface area contributed by atoms with Crippen LogP contribution in [0.5, 0.6) is 5.75 Å². The van der Waals surface area contributed by atoms with E-state index in [1.807, 2.05) is 24.3 Å². The average molecular weight is 328 g/mol. The molecule has 5 heteroatoms. The van der Waals surface area contributed by atoms with Gasteiger partial charge in [-0.1, -0.05) is 36.4 Å². The molecular weight excluding hydrogens is 308 g/mol. The minimum atomic E-state index is -0.0569. The Morgan fingerprint density at radius 1 is 1.17 bits per heavy atom. The van der Waals surface area contributed by atoms with Crippen molar-refractivity contribution >= 4 is 17.7 Å². The van der Waals surface area contributed by atoms with E-state index in [-0.39, 0.29) is 11.9 Å². The Labute approximate surface area is 140 Å². The summed E-state index contributed by atoms with van der Waals surface area (Å²) in [6.45, 7) is 0.560. The summed E-state index contributed by atoms with van der Waals surface area (Å²) in [7, 11) is 1.66. The highest BCUT2D eigenvalue weighted by molar-refractivity contribution is 7.99. The topological polar surface area (TPSA) is 50.4 Å². The largest absolute Gasteiger partial charge is 0.497 e. The monoisotopic (exact) mass is 328 g/mol. The first-order chi connectivity index (χ1) is 11.3. The van der Waals surface area contributed by atoms with Crippen LogP contribution < -0.4 is 15.4 Å². The molecule has 3 rings (SSSR count). The first-order valence-corrected chi connectivity index (χ1v) is 8.74. The molecule has 1 aliphatic rings. The zero-order valence-electron chi connectivity index (χ0n) is 13.0. The van der Waals surface area contributed by atoms with Crippen molar-refractivity contribution in [1.29, 1.82) is 0 Å². The number of thioether (sulfide) groups is 1. The van der Waals surface area contributed by atoms with E-state index >= 15 is 0 Å². The van der Waals surface area contributed by atoms with Crippen molar-refractivity contribution in [2.75, 3.05) is 18.7 Å². The predicted molar refractivity (Wildman–Crippen MR) is 94.5 cm³/mol. The van der Waals surface area contributed by atoms with Gasteiger partial charge < -0.3 is 10.1 Å². The number of methoxy groups -OCH3 is 1. The number of carbonyl (C=O) groups excluding carboxylic acids is 1. The number of nitrogens with one attached hydrogen (secondary N) is 2. The van der Waals surface area contributed by atoms with Gasteiger partial charge in [0.25, 0.3) is 0 Å². The normalized spacial score (nSPS) is 17.0. The van der Waals surface area contributed by atoms with Crippen molar-refractivity contribution in [1.82, 2.24) is 10.6 Å². The summed E-state index contributed by atoms with van der Waals surface area (Å²) in [6, 6.07) is 16.2. The van der Waals surface area contributed by atoms with Gasteiger partial charge in [0.05, 0.1) is 13.2 Å². The molecule has 2 N–H and O–H groups in total. The number of benzene rings is 2. The Morgan fingerprint density at radius 3 is 2.39 bits per heavy atom. The van der Waals surface area contributed by atoms with Gasteiger partial charge in [-0.15, -0.1) is 11.8 Å². The van der Waals surface area contributed by atoms with E-state index in [9.17, 15) is 4.79 Å². The van der Waals surface area contributed by atoms with Crippen LogP contribution in [0, 0.1) is 0 Å². The van der Waals surface area contributed by atoms with E-state index in [1.54, 1.807) is 18.9 Å². The van der Waals surface area contributed by atoms with Crippen molar-refractivity contribution in [3.8, 4) is 16.9 Å². The summed E-state index contributed by atoms with van der Waals surface area (Å²) in [5.41, 5.74) is 3.39. The Kier molecular flexibility index (Phi) is 5.20. The van der Waals surface area contributed by atoms with Gasteiger partial charge >= 0.3 is 0 Å². The molecule has 1 heterocycles. The fourth-order valence-electron chi connectivity index (χ4n) is 2.47. The molecule has 1 fully saturated rings. The Bertz CT molecular complexity index is 650. The molecule has 2 aromatic rings. The van der Waals surface area contributed by atoms with Gasteiger partial charge in [-0.25, -0.2) is 0 Å². The molecule has 0 saturated carbocycles. The molecule has 2 aromatic carbocycles. The van der Waals surface area contributed by atoms with Crippen LogP contribution in [0.25, 0.3) is 11.1 Å². The van der Waals surface area contributed by atoms with E-state index < -0.39 is 0 Å². The molecule has 0 bridgehead atoms. The summed E-state index contributed by atoms with van der Waals surface area (Å²) >= 11 is 1.75. The fourth-order valence-corrected chi connectivity index (χ4v) is 3.42. The summed E-state index contributed by atoms with van der Waals surface area (Å²) < 4.78 is 5.17. The van der Waals surface area contributed by atoms with E-state index in [4.69, 9.17) is 4.74 Å². The molecule has 1 unspecified atom stereocenters. The average Bonchev–Trinajstić information content (AvgIpc) is 3.15. The summed E-state index contributed by atoms with van der Waals surface area (Å²) in [6.07, 6.45) is 0. The zero-order chi connectivity index (χ0) is 16.1. The number of rotatable bonds is 5. The molecule has 4 nitrogen and oxygen atoms in total. The molecule has 0 aliphatic carbocycles. The molecule has 23 heavy (non-hydrogen) atoms. The third-order valence-electron chi connectivity index (χ3n) is 3.88. The van der Waals surface area contributed by atoms with Crippen LogP contribution in [0.3, 0.4) is 0 Å². The highest BCUT2D eigenvalue weighted by atomic mass is 32.2. The number of carbonyl (C=O) groups is 1. The van der Waals surface area contributed by atoms with Crippen molar-refractivity contribution in [3.63, 3.8) is 0 Å². The maximum Gasteiger partial charge on any atom is 0.238 e. The van der Waals surface area contributed by atoms with Gasteiger partial charge in [0.15, 0.2) is 0 Å². The summed E-state index contributed by atoms with van der Waals surface area (Å²) in [5.74, 6) is 2.64. The lowest BCUT2D eigenvalue weighted by Crippen LogP contribution is -2.41.